The molecule has 0 fully saturated rings. The molecular formula is C15H9Br. The maximum Gasteiger partial charge on any atom is 0.0184 e. The Morgan fingerprint density at radius 1 is 0.812 bits per heavy atom. The Morgan fingerprint density at radius 3 is 2.56 bits per heavy atom. The Hall–Kier alpha value is -1.34. The summed E-state index contributed by atoms with van der Waals surface area (Å²) in [6.07, 6.45) is 1.08. The van der Waals surface area contributed by atoms with Crippen molar-refractivity contribution in [3.8, 4) is 0 Å². The van der Waals surface area contributed by atoms with Crippen LogP contribution in [0.3, 0.4) is 0 Å². The van der Waals surface area contributed by atoms with Gasteiger partial charge >= 0.3 is 0 Å². The van der Waals surface area contributed by atoms with Gasteiger partial charge in [-0.2, -0.15) is 0 Å². The zero-order valence-electron chi connectivity index (χ0n) is 8.63. The van der Waals surface area contributed by atoms with Gasteiger partial charge in [0.25, 0.3) is 0 Å². The SMILES string of the molecule is Brc1cc2c3c(ccc4cccc(c43)C2)c1. The van der Waals surface area contributed by atoms with E-state index in [1.54, 1.807) is 0 Å². The van der Waals surface area contributed by atoms with E-state index >= 15 is 0 Å². The van der Waals surface area contributed by atoms with E-state index < -0.39 is 0 Å². The topological polar surface area (TPSA) is 0 Å². The molecular weight excluding hydrogens is 260 g/mol. The average molecular weight is 269 g/mol. The summed E-state index contributed by atoms with van der Waals surface area (Å²) in [7, 11) is 0. The van der Waals surface area contributed by atoms with Gasteiger partial charge in [-0.3, -0.25) is 0 Å². The molecule has 3 aromatic rings. The van der Waals surface area contributed by atoms with Gasteiger partial charge in [-0.05, 0) is 51.2 Å². The molecule has 0 nitrogen and oxygen atoms in total. The van der Waals surface area contributed by atoms with Crippen LogP contribution in [0.5, 0.6) is 0 Å². The third-order valence-corrected chi connectivity index (χ3v) is 3.93. The van der Waals surface area contributed by atoms with Crippen LogP contribution >= 0.6 is 15.9 Å². The van der Waals surface area contributed by atoms with Gasteiger partial charge in [-0.15, -0.1) is 0 Å². The first-order valence-corrected chi connectivity index (χ1v) is 6.25. The smallest absolute Gasteiger partial charge is 0.0184 e. The first-order valence-electron chi connectivity index (χ1n) is 5.46. The molecule has 0 heterocycles. The van der Waals surface area contributed by atoms with E-state index in [1.165, 1.54) is 37.1 Å². The molecule has 16 heavy (non-hydrogen) atoms. The summed E-state index contributed by atoms with van der Waals surface area (Å²) in [6.45, 7) is 0. The third kappa shape index (κ3) is 0.992. The molecule has 76 valence electrons. The van der Waals surface area contributed by atoms with Crippen LogP contribution in [0.1, 0.15) is 11.1 Å². The normalized spacial score (nSPS) is 13.1. The first kappa shape index (κ1) is 8.77. The number of hydrogen-bond donors (Lipinski definition) is 0. The van der Waals surface area contributed by atoms with Crippen LogP contribution in [0.25, 0.3) is 21.5 Å². The van der Waals surface area contributed by atoms with Gasteiger partial charge < -0.3 is 0 Å². The Balaban J connectivity index is 2.36. The van der Waals surface area contributed by atoms with E-state index in [2.05, 4.69) is 58.4 Å². The highest BCUT2D eigenvalue weighted by molar-refractivity contribution is 9.10. The molecule has 0 atom stereocenters. The van der Waals surface area contributed by atoms with Crippen molar-refractivity contribution in [1.29, 1.82) is 0 Å². The zero-order valence-corrected chi connectivity index (χ0v) is 10.2. The minimum absolute atomic E-state index is 1.08. The summed E-state index contributed by atoms with van der Waals surface area (Å²) >= 11 is 3.59. The average Bonchev–Trinajstić information content (AvgIpc) is 2.64. The highest BCUT2D eigenvalue weighted by atomic mass is 79.9. The lowest BCUT2D eigenvalue weighted by Crippen LogP contribution is -1.80. The molecule has 0 saturated carbocycles. The molecule has 0 unspecified atom stereocenters. The number of hydrogen-bond acceptors (Lipinski definition) is 0. The summed E-state index contributed by atoms with van der Waals surface area (Å²) in [5, 5.41) is 5.63. The summed E-state index contributed by atoms with van der Waals surface area (Å²) in [4.78, 5) is 0. The van der Waals surface area contributed by atoms with Gasteiger partial charge in [0.2, 0.25) is 0 Å². The van der Waals surface area contributed by atoms with Crippen molar-refractivity contribution in [2.45, 2.75) is 6.42 Å². The van der Waals surface area contributed by atoms with Crippen LogP contribution in [0.15, 0.2) is 46.9 Å². The van der Waals surface area contributed by atoms with Crippen LogP contribution in [0.2, 0.25) is 0 Å². The molecule has 0 radical (unpaired) electrons. The molecule has 1 heteroatoms. The Labute approximate surface area is 102 Å². The summed E-state index contributed by atoms with van der Waals surface area (Å²) in [5.74, 6) is 0. The summed E-state index contributed by atoms with van der Waals surface area (Å²) < 4.78 is 1.18. The van der Waals surface area contributed by atoms with Crippen molar-refractivity contribution in [2.24, 2.45) is 0 Å². The van der Waals surface area contributed by atoms with Crippen LogP contribution in [-0.4, -0.2) is 0 Å². The number of halogens is 1. The number of rotatable bonds is 0. The molecule has 3 aromatic carbocycles. The lowest BCUT2D eigenvalue weighted by atomic mass is 10.0. The molecule has 0 bridgehead atoms. The minimum Gasteiger partial charge on any atom is -0.0613 e. The molecule has 0 saturated heterocycles. The van der Waals surface area contributed by atoms with Crippen molar-refractivity contribution in [3.63, 3.8) is 0 Å². The molecule has 1 aliphatic carbocycles. The fourth-order valence-corrected chi connectivity index (χ4v) is 3.38. The van der Waals surface area contributed by atoms with Crippen LogP contribution in [0.4, 0.5) is 0 Å². The van der Waals surface area contributed by atoms with Gasteiger partial charge in [-0.1, -0.05) is 46.3 Å². The highest BCUT2D eigenvalue weighted by Crippen LogP contribution is 2.39. The fourth-order valence-electron chi connectivity index (χ4n) is 2.86. The first-order chi connectivity index (χ1) is 7.83. The second-order valence-electron chi connectivity index (χ2n) is 4.42. The predicted octanol–water partition coefficient (Wildman–Crippen LogP) is 4.66. The molecule has 0 aliphatic heterocycles. The van der Waals surface area contributed by atoms with Gasteiger partial charge in [0, 0.05) is 4.47 Å². The summed E-state index contributed by atoms with van der Waals surface area (Å²) in [5.41, 5.74) is 2.92. The predicted molar refractivity (Wildman–Crippen MR) is 72.0 cm³/mol. The molecule has 0 aromatic heterocycles. The van der Waals surface area contributed by atoms with Crippen molar-refractivity contribution >= 4 is 37.5 Å². The van der Waals surface area contributed by atoms with E-state index in [4.69, 9.17) is 0 Å². The lowest BCUT2D eigenvalue weighted by molar-refractivity contribution is 1.27. The molecule has 1 aliphatic rings. The van der Waals surface area contributed by atoms with Gasteiger partial charge in [0.15, 0.2) is 0 Å². The van der Waals surface area contributed by atoms with Gasteiger partial charge in [0.05, 0.1) is 0 Å². The second-order valence-corrected chi connectivity index (χ2v) is 5.34. The third-order valence-electron chi connectivity index (χ3n) is 3.47. The Morgan fingerprint density at radius 2 is 1.62 bits per heavy atom. The largest absolute Gasteiger partial charge is 0.0613 e. The standard InChI is InChI=1S/C15H9Br/c16-13-7-11-5-4-9-2-1-3-10-6-12(8-13)15(11)14(9)10/h1-5,7-8H,6H2. The molecule has 0 N–H and O–H groups in total. The lowest BCUT2D eigenvalue weighted by Gasteiger charge is -2.03. The van der Waals surface area contributed by atoms with Crippen molar-refractivity contribution in [3.05, 3.63) is 58.1 Å². The monoisotopic (exact) mass is 268 g/mol. The Bertz CT molecular complexity index is 741. The van der Waals surface area contributed by atoms with Crippen LogP contribution in [-0.2, 0) is 6.42 Å². The maximum absolute atomic E-state index is 3.59. The Kier molecular flexibility index (Phi) is 1.57. The van der Waals surface area contributed by atoms with Crippen molar-refractivity contribution < 1.29 is 0 Å². The molecule has 0 amide bonds. The minimum atomic E-state index is 1.08. The van der Waals surface area contributed by atoms with Crippen LogP contribution < -0.4 is 0 Å². The fraction of sp³-hybridized carbons (Fsp3) is 0.0667. The highest BCUT2D eigenvalue weighted by Gasteiger charge is 2.16. The van der Waals surface area contributed by atoms with E-state index in [-0.39, 0.29) is 0 Å². The molecule has 4 rings (SSSR count). The van der Waals surface area contributed by atoms with Gasteiger partial charge in [0.1, 0.15) is 0 Å². The molecule has 0 spiro atoms. The van der Waals surface area contributed by atoms with Gasteiger partial charge in [-0.25, -0.2) is 0 Å². The van der Waals surface area contributed by atoms with E-state index in [0.29, 0.717) is 0 Å². The second kappa shape index (κ2) is 2.86. The van der Waals surface area contributed by atoms with Crippen LogP contribution in [0, 0.1) is 0 Å². The van der Waals surface area contributed by atoms with E-state index in [9.17, 15) is 0 Å². The van der Waals surface area contributed by atoms with Crippen molar-refractivity contribution in [1.82, 2.24) is 0 Å². The van der Waals surface area contributed by atoms with Crippen molar-refractivity contribution in [2.75, 3.05) is 0 Å². The summed E-state index contributed by atoms with van der Waals surface area (Å²) in [6, 6.07) is 15.5. The van der Waals surface area contributed by atoms with E-state index in [0.717, 1.165) is 6.42 Å². The van der Waals surface area contributed by atoms with E-state index in [1.807, 2.05) is 0 Å². The zero-order chi connectivity index (χ0) is 10.7. The maximum atomic E-state index is 3.59. The quantitative estimate of drug-likeness (QED) is 0.407. The number of benzene rings is 3.